The molecule has 1 saturated carbocycles. The van der Waals surface area contributed by atoms with Crippen LogP contribution in [0.4, 0.5) is 0 Å². The van der Waals surface area contributed by atoms with Crippen molar-refractivity contribution in [1.29, 1.82) is 0 Å². The molecule has 5 unspecified atom stereocenters. The van der Waals surface area contributed by atoms with E-state index in [1.54, 1.807) is 0 Å². The summed E-state index contributed by atoms with van der Waals surface area (Å²) in [5.41, 5.74) is 0. The molecule has 0 heterocycles. The number of phosphoric acid groups is 3. The van der Waals surface area contributed by atoms with E-state index >= 15 is 0 Å². The van der Waals surface area contributed by atoms with Crippen LogP contribution in [0, 0.1) is 0 Å². The van der Waals surface area contributed by atoms with Gasteiger partial charge in [0.25, 0.3) is 23.5 Å². The molecule has 0 amide bonds. The first-order valence-electron chi connectivity index (χ1n) is 5.72. The van der Waals surface area contributed by atoms with Crippen LogP contribution in [-0.2, 0) is 27.3 Å². The number of aliphatic hydroxyl groups is 3. The maximum Gasteiger partial charge on any atom is 1.00 e. The van der Waals surface area contributed by atoms with Gasteiger partial charge in [-0.15, -0.1) is 0 Å². The average Bonchev–Trinajstić information content (AvgIpc) is 2.32. The summed E-state index contributed by atoms with van der Waals surface area (Å²) < 4.78 is 44.1. The third-order valence-corrected chi connectivity index (χ3v) is 4.31. The first-order valence-corrected chi connectivity index (χ1v) is 10.2. The van der Waals surface area contributed by atoms with Gasteiger partial charge >= 0.3 is 59.1 Å². The number of hydrogen-bond acceptors (Lipinski definition) is 12. The summed E-state index contributed by atoms with van der Waals surface area (Å²) in [6.07, 6.45) is -15.0. The molecule has 0 bridgehead atoms. The fraction of sp³-hybridized carbons (Fsp3) is 1.00. The summed E-state index contributed by atoms with van der Waals surface area (Å²) in [6, 6.07) is 0. The van der Waals surface area contributed by atoms with Crippen molar-refractivity contribution in [2.45, 2.75) is 36.6 Å². The second-order valence-electron chi connectivity index (χ2n) is 4.59. The van der Waals surface area contributed by atoms with Crippen LogP contribution in [0.5, 0.6) is 0 Å². The molecular weight excluding hydrogens is 474 g/mol. The molecule has 1 radical (unpaired) electrons. The molecular formula is C6H12Na3O15P3-. The molecule has 1 fully saturated rings. The molecule has 0 aliphatic heterocycles. The van der Waals surface area contributed by atoms with Gasteiger partial charge in [-0.3, -0.25) is 13.7 Å². The summed E-state index contributed by atoms with van der Waals surface area (Å²) in [5, 5.41) is 28.8. The van der Waals surface area contributed by atoms with Crippen molar-refractivity contribution in [3.8, 4) is 0 Å². The standard InChI is InChI=1S/C6H15O15P3.3Na/c7-1-2(8)4(19-22(10,11)12)6(21-24(16,17)18)5(3(1)9)20-23(13,14)15;;;/h1-9H,(H2,10,11,12)(H2,13,14,15)(H2,16,17,18);;;/q;;2*+1/p-3/t1?,2-,3-,4-,5+,6?;;;/m1.../s1. The molecule has 1 aliphatic rings. The number of aliphatic hydroxyl groups excluding tert-OH is 3. The summed E-state index contributed by atoms with van der Waals surface area (Å²) in [5.74, 6) is 0. The first-order chi connectivity index (χ1) is 10.5. The van der Waals surface area contributed by atoms with E-state index in [4.69, 9.17) is 14.7 Å². The van der Waals surface area contributed by atoms with Gasteiger partial charge < -0.3 is 58.3 Å². The Hall–Kier alpha value is 3.21. The van der Waals surface area contributed by atoms with Gasteiger partial charge in [-0.05, 0) is 0 Å². The largest absolute Gasteiger partial charge is 1.00 e. The third-order valence-electron chi connectivity index (χ3n) is 2.79. The molecule has 1 aliphatic carbocycles. The summed E-state index contributed by atoms with van der Waals surface area (Å²) in [6.45, 7) is 0. The Labute approximate surface area is 218 Å². The number of phosphoric ester groups is 3. The van der Waals surface area contributed by atoms with Crippen LogP contribution in [0.1, 0.15) is 0 Å². The second-order valence-corrected chi connectivity index (χ2v) is 8.03. The van der Waals surface area contributed by atoms with E-state index in [0.29, 0.717) is 0 Å². The van der Waals surface area contributed by atoms with Crippen molar-refractivity contribution < 1.29 is 131 Å². The Morgan fingerprint density at radius 2 is 0.815 bits per heavy atom. The number of rotatable bonds is 6. The predicted molar refractivity (Wildman–Crippen MR) is 67.9 cm³/mol. The van der Waals surface area contributed by atoms with Gasteiger partial charge in [-0.2, -0.15) is 0 Å². The smallest absolute Gasteiger partial charge is 0.756 e. The zero-order valence-corrected chi connectivity index (χ0v) is 22.8. The molecule has 0 aromatic carbocycles. The fourth-order valence-corrected chi connectivity index (χ4v) is 3.64. The molecule has 6 N–H and O–H groups in total. The van der Waals surface area contributed by atoms with Gasteiger partial charge in [0.1, 0.15) is 36.6 Å². The molecule has 27 heavy (non-hydrogen) atoms. The van der Waals surface area contributed by atoms with Gasteiger partial charge in [-0.1, -0.05) is 0 Å². The minimum Gasteiger partial charge on any atom is -0.756 e. The third kappa shape index (κ3) is 12.1. The zero-order chi connectivity index (χ0) is 19.1. The first kappa shape index (κ1) is 34.8. The van der Waals surface area contributed by atoms with Crippen molar-refractivity contribution in [2.24, 2.45) is 0 Å². The minimum atomic E-state index is -5.77. The summed E-state index contributed by atoms with van der Waals surface area (Å²) >= 11 is 0. The Morgan fingerprint density at radius 1 is 0.593 bits per heavy atom. The molecule has 0 spiro atoms. The molecule has 15 nitrogen and oxygen atoms in total. The molecule has 0 aromatic rings. The van der Waals surface area contributed by atoms with Crippen LogP contribution in [0.3, 0.4) is 0 Å². The predicted octanol–water partition coefficient (Wildman–Crippen LogP) is -11.8. The molecule has 21 heteroatoms. The van der Waals surface area contributed by atoms with Crippen molar-refractivity contribution >= 4 is 53.0 Å². The Kier molecular flexibility index (Phi) is 16.8. The van der Waals surface area contributed by atoms with Crippen LogP contribution < -0.4 is 73.8 Å². The quantitative estimate of drug-likeness (QED) is 0.150. The van der Waals surface area contributed by atoms with Crippen molar-refractivity contribution in [2.75, 3.05) is 0 Å². The maximum atomic E-state index is 10.8. The van der Waals surface area contributed by atoms with E-state index in [9.17, 15) is 43.7 Å². The van der Waals surface area contributed by atoms with Crippen LogP contribution >= 0.6 is 23.5 Å². The summed E-state index contributed by atoms with van der Waals surface area (Å²) in [4.78, 5) is 58.3. The topological polar surface area (TPSA) is 269 Å². The van der Waals surface area contributed by atoms with E-state index < -0.39 is 60.1 Å². The monoisotopic (exact) mass is 486 g/mol. The molecule has 145 valence electrons. The van der Waals surface area contributed by atoms with E-state index in [-0.39, 0.29) is 88.7 Å². The molecule has 1 rings (SSSR count). The van der Waals surface area contributed by atoms with Crippen LogP contribution in [-0.4, -0.2) is 96.2 Å². The van der Waals surface area contributed by atoms with Gasteiger partial charge in [-0.25, -0.2) is 0 Å². The average molecular weight is 486 g/mol. The second kappa shape index (κ2) is 13.0. The Bertz CT molecular complexity index is 549. The Balaban J connectivity index is -0.00000192. The minimum absolute atomic E-state index is 0. The van der Waals surface area contributed by atoms with Crippen molar-refractivity contribution in [3.05, 3.63) is 0 Å². The van der Waals surface area contributed by atoms with Gasteiger partial charge in [0.2, 0.25) is 0 Å². The van der Waals surface area contributed by atoms with Gasteiger partial charge in [0.15, 0.2) is 0 Å². The van der Waals surface area contributed by atoms with Crippen molar-refractivity contribution in [1.82, 2.24) is 0 Å². The van der Waals surface area contributed by atoms with Crippen LogP contribution in [0.25, 0.3) is 0 Å². The SMILES string of the molecule is O=P([O-])(O)OC1[C@@H](OP(=O)([O-])O)[C@H](O)C(O)[C@@H](O)[C@H]1OP(=O)([O-])O.[Na+].[Na+].[Na]. The molecule has 0 aromatic heterocycles. The van der Waals surface area contributed by atoms with Crippen LogP contribution in [0.15, 0.2) is 0 Å². The van der Waals surface area contributed by atoms with Crippen LogP contribution in [0.2, 0.25) is 0 Å². The van der Waals surface area contributed by atoms with E-state index in [2.05, 4.69) is 13.6 Å². The van der Waals surface area contributed by atoms with Gasteiger partial charge in [0.05, 0.1) is 0 Å². The zero-order valence-electron chi connectivity index (χ0n) is 14.2. The summed E-state index contributed by atoms with van der Waals surface area (Å²) in [7, 11) is -17.2. The normalized spacial score (nSPS) is 37.2. The van der Waals surface area contributed by atoms with Gasteiger partial charge in [0, 0.05) is 29.6 Å². The van der Waals surface area contributed by atoms with E-state index in [1.165, 1.54) is 0 Å². The number of hydrogen-bond donors (Lipinski definition) is 6. The van der Waals surface area contributed by atoms with E-state index in [0.717, 1.165) is 0 Å². The molecule has 0 saturated heterocycles. The fourth-order valence-electron chi connectivity index (χ4n) is 1.99. The maximum absolute atomic E-state index is 10.8. The Morgan fingerprint density at radius 3 is 1.04 bits per heavy atom. The van der Waals surface area contributed by atoms with Crippen molar-refractivity contribution in [3.63, 3.8) is 0 Å². The molecule has 9 atom stereocenters. The van der Waals surface area contributed by atoms with E-state index in [1.807, 2.05) is 0 Å².